The molecule has 8 nitrogen and oxygen atoms in total. The van der Waals surface area contributed by atoms with Crippen LogP contribution in [0.5, 0.6) is 0 Å². The summed E-state index contributed by atoms with van der Waals surface area (Å²) < 4.78 is 48.5. The molecular weight excluding hydrogens is 308 g/mol. The Balaban J connectivity index is 0. The summed E-state index contributed by atoms with van der Waals surface area (Å²) in [5.41, 5.74) is 0. The van der Waals surface area contributed by atoms with Crippen molar-refractivity contribution in [1.29, 1.82) is 0 Å². The van der Waals surface area contributed by atoms with Gasteiger partial charge in [0.15, 0.2) is 0 Å². The van der Waals surface area contributed by atoms with Gasteiger partial charge in [0.05, 0.1) is 33.3 Å². The lowest BCUT2D eigenvalue weighted by Gasteiger charge is -2.40. The fourth-order valence-electron chi connectivity index (χ4n) is 1.51. The Morgan fingerprint density at radius 2 is 1.65 bits per heavy atom. The Morgan fingerprint density at radius 3 is 1.85 bits per heavy atom. The molecule has 0 aliphatic carbocycles. The SMILES string of the molecule is CCOS(=O)(=O)O.CC[N+]1(C)CCN(C)CC1.O=S=O. The van der Waals surface area contributed by atoms with Gasteiger partial charge in [-0.1, -0.05) is 0 Å². The largest absolute Gasteiger partial charge is 0.397 e. The molecule has 0 amide bonds. The number of nitrogens with zero attached hydrogens (tertiary/aromatic N) is 2. The number of piperazine rings is 1. The molecule has 10 heteroatoms. The highest BCUT2D eigenvalue weighted by Gasteiger charge is 2.24. The van der Waals surface area contributed by atoms with E-state index in [-0.39, 0.29) is 6.61 Å². The first-order chi connectivity index (χ1) is 9.14. The molecule has 1 aliphatic heterocycles. The first kappa shape index (κ1) is 21.9. The van der Waals surface area contributed by atoms with E-state index >= 15 is 0 Å². The van der Waals surface area contributed by atoms with Crippen molar-refractivity contribution >= 4 is 22.0 Å². The van der Waals surface area contributed by atoms with Crippen LogP contribution in [-0.2, 0) is 26.2 Å². The van der Waals surface area contributed by atoms with Crippen molar-refractivity contribution in [2.45, 2.75) is 13.8 Å². The van der Waals surface area contributed by atoms with Crippen molar-refractivity contribution in [2.75, 3.05) is 53.4 Å². The third-order valence-electron chi connectivity index (χ3n) is 3.07. The molecule has 1 fully saturated rings. The standard InChI is InChI=1S/C8H19N2.C2H6O4S.O2S/c1-4-10(3)7-5-9(2)6-8-10;1-2-6-7(3,4)5;1-3-2/h4-8H2,1-3H3;2H2,1H3,(H,3,4,5);/q+1;;. The highest BCUT2D eigenvalue weighted by Crippen LogP contribution is 2.06. The summed E-state index contributed by atoms with van der Waals surface area (Å²) in [7, 11) is 0.387. The Morgan fingerprint density at radius 1 is 1.25 bits per heavy atom. The van der Waals surface area contributed by atoms with Gasteiger partial charge < -0.3 is 4.48 Å². The maximum Gasteiger partial charge on any atom is 0.397 e. The predicted octanol–water partition coefficient (Wildman–Crippen LogP) is -0.446. The van der Waals surface area contributed by atoms with E-state index in [1.54, 1.807) is 0 Å². The Kier molecular flexibility index (Phi) is 12.4. The van der Waals surface area contributed by atoms with Gasteiger partial charge in [-0.15, -0.1) is 0 Å². The van der Waals surface area contributed by atoms with Gasteiger partial charge in [0, 0.05) is 13.1 Å². The quantitative estimate of drug-likeness (QED) is 0.551. The Bertz CT molecular complexity index is 373. The summed E-state index contributed by atoms with van der Waals surface area (Å²) in [5, 5.41) is 0. The lowest BCUT2D eigenvalue weighted by Crippen LogP contribution is -2.56. The van der Waals surface area contributed by atoms with Crippen molar-refractivity contribution in [3.05, 3.63) is 0 Å². The maximum atomic E-state index is 9.56. The smallest absolute Gasteiger partial charge is 0.324 e. The number of hydrogen-bond donors (Lipinski definition) is 1. The summed E-state index contributed by atoms with van der Waals surface area (Å²) in [6.45, 7) is 10.2. The van der Waals surface area contributed by atoms with Crippen LogP contribution in [0, 0.1) is 0 Å². The summed E-state index contributed by atoms with van der Waals surface area (Å²) in [6, 6.07) is 0. The van der Waals surface area contributed by atoms with Crippen LogP contribution in [0.25, 0.3) is 0 Å². The molecule has 0 unspecified atom stereocenters. The van der Waals surface area contributed by atoms with Crippen LogP contribution in [0.2, 0.25) is 0 Å². The molecule has 20 heavy (non-hydrogen) atoms. The number of likely N-dealkylation sites (N-methyl/N-ethyl adjacent to an activating group) is 2. The predicted molar refractivity (Wildman–Crippen MR) is 76.1 cm³/mol. The molecule has 1 rings (SSSR count). The maximum absolute atomic E-state index is 9.56. The van der Waals surface area contributed by atoms with Gasteiger partial charge in [0.2, 0.25) is 0 Å². The van der Waals surface area contributed by atoms with E-state index in [1.165, 1.54) is 44.1 Å². The minimum Gasteiger partial charge on any atom is -0.324 e. The molecule has 122 valence electrons. The molecule has 1 N–H and O–H groups in total. The molecule has 0 aromatic heterocycles. The van der Waals surface area contributed by atoms with Crippen LogP contribution in [0.15, 0.2) is 0 Å². The molecule has 1 heterocycles. The highest BCUT2D eigenvalue weighted by molar-refractivity contribution is 7.80. The summed E-state index contributed by atoms with van der Waals surface area (Å²) in [6.07, 6.45) is 0. The second-order valence-electron chi connectivity index (χ2n) is 4.59. The average Bonchev–Trinajstić information content (AvgIpc) is 2.34. The lowest BCUT2D eigenvalue weighted by atomic mass is 10.3. The summed E-state index contributed by atoms with van der Waals surface area (Å²) in [5.74, 6) is 0. The van der Waals surface area contributed by atoms with Gasteiger partial charge in [0.1, 0.15) is 0 Å². The first-order valence-electron chi connectivity index (χ1n) is 6.19. The monoisotopic (exact) mass is 333 g/mol. The fraction of sp³-hybridized carbons (Fsp3) is 1.00. The summed E-state index contributed by atoms with van der Waals surface area (Å²) in [4.78, 5) is 2.41. The van der Waals surface area contributed by atoms with Crippen molar-refractivity contribution in [1.82, 2.24) is 4.90 Å². The van der Waals surface area contributed by atoms with E-state index in [0.717, 1.165) is 0 Å². The van der Waals surface area contributed by atoms with Crippen molar-refractivity contribution < 1.29 is 30.1 Å². The molecule has 0 radical (unpaired) electrons. The molecule has 0 bridgehead atoms. The Hall–Kier alpha value is -0.390. The number of quaternary nitrogens is 1. The minimum absolute atomic E-state index is 0.0289. The van der Waals surface area contributed by atoms with E-state index in [0.29, 0.717) is 0 Å². The van der Waals surface area contributed by atoms with Gasteiger partial charge >= 0.3 is 22.0 Å². The average molecular weight is 333 g/mol. The molecule has 0 saturated carbocycles. The number of rotatable bonds is 3. The molecule has 1 saturated heterocycles. The minimum atomic E-state index is -4.17. The van der Waals surface area contributed by atoms with Crippen LogP contribution in [0.1, 0.15) is 13.8 Å². The molecule has 0 atom stereocenters. The van der Waals surface area contributed by atoms with Crippen molar-refractivity contribution in [3.8, 4) is 0 Å². The topological polar surface area (TPSA) is 101 Å². The van der Waals surface area contributed by atoms with Crippen LogP contribution in [-0.4, -0.2) is 84.2 Å². The molecule has 0 aromatic carbocycles. The highest BCUT2D eigenvalue weighted by atomic mass is 32.3. The van der Waals surface area contributed by atoms with Crippen LogP contribution >= 0.6 is 0 Å². The zero-order chi connectivity index (χ0) is 16.2. The molecule has 0 spiro atoms. The van der Waals surface area contributed by atoms with E-state index in [9.17, 15) is 8.42 Å². The zero-order valence-electron chi connectivity index (χ0n) is 12.4. The van der Waals surface area contributed by atoms with Crippen molar-refractivity contribution in [3.63, 3.8) is 0 Å². The van der Waals surface area contributed by atoms with Gasteiger partial charge in [-0.25, -0.2) is 4.18 Å². The lowest BCUT2D eigenvalue weighted by molar-refractivity contribution is -0.911. The first-order valence-corrected chi connectivity index (χ1v) is 8.23. The second-order valence-corrected chi connectivity index (χ2v) is 5.82. The second kappa shape index (κ2) is 11.3. The van der Waals surface area contributed by atoms with Gasteiger partial charge in [-0.2, -0.15) is 16.8 Å². The third-order valence-corrected chi connectivity index (χ3v) is 3.61. The van der Waals surface area contributed by atoms with E-state index in [2.05, 4.69) is 30.1 Å². The molecule has 1 aliphatic rings. The van der Waals surface area contributed by atoms with E-state index < -0.39 is 22.0 Å². The van der Waals surface area contributed by atoms with Crippen LogP contribution < -0.4 is 0 Å². The fourth-order valence-corrected chi connectivity index (χ4v) is 1.81. The number of hydrogen-bond acceptors (Lipinski definition) is 6. The molecule has 0 aromatic rings. The molecular formula is C10H25N2O6S2+. The third kappa shape index (κ3) is 14.0. The van der Waals surface area contributed by atoms with Gasteiger partial charge in [0.25, 0.3) is 0 Å². The van der Waals surface area contributed by atoms with Crippen LogP contribution in [0.4, 0.5) is 0 Å². The van der Waals surface area contributed by atoms with Crippen molar-refractivity contribution in [2.24, 2.45) is 0 Å². The van der Waals surface area contributed by atoms with Gasteiger partial charge in [-0.05, 0) is 20.9 Å². The zero-order valence-corrected chi connectivity index (χ0v) is 14.1. The normalized spacial score (nSPS) is 18.1. The van der Waals surface area contributed by atoms with Gasteiger partial charge in [-0.3, -0.25) is 9.45 Å². The summed E-state index contributed by atoms with van der Waals surface area (Å²) >= 11 is -0.750. The van der Waals surface area contributed by atoms with Crippen LogP contribution in [0.3, 0.4) is 0 Å². The van der Waals surface area contributed by atoms with E-state index in [4.69, 9.17) is 13.0 Å². The van der Waals surface area contributed by atoms with E-state index in [1.807, 2.05) is 0 Å². The Labute approximate surface area is 124 Å².